The highest BCUT2D eigenvalue weighted by Gasteiger charge is 2.37. The number of allylic oxidation sites excluding steroid dienone is 2. The number of benzene rings is 2. The highest BCUT2D eigenvalue weighted by Crippen LogP contribution is 2.46. The molecular formula is C19H18BrN3O2. The Morgan fingerprint density at radius 3 is 2.60 bits per heavy atom. The van der Waals surface area contributed by atoms with E-state index in [9.17, 15) is 10.1 Å². The summed E-state index contributed by atoms with van der Waals surface area (Å²) in [7, 11) is 2.05. The highest BCUT2D eigenvalue weighted by atomic mass is 79.9. The number of rotatable bonds is 3. The first kappa shape index (κ1) is 17.4. The summed E-state index contributed by atoms with van der Waals surface area (Å²) in [6, 6.07) is 12.9. The van der Waals surface area contributed by atoms with Crippen LogP contribution in [-0.2, 0) is 5.41 Å². The van der Waals surface area contributed by atoms with E-state index >= 15 is 0 Å². The number of non-ortho nitro benzene ring substituents is 1. The SMILES string of the molecule is CN1C(=CC=Nc2ccc([N+](=O)[O-])cc2Br)C(C)(C)c2ccccc21. The summed E-state index contributed by atoms with van der Waals surface area (Å²) in [6.07, 6.45) is 3.74. The Morgan fingerprint density at radius 2 is 1.96 bits per heavy atom. The molecule has 128 valence electrons. The van der Waals surface area contributed by atoms with Crippen molar-refractivity contribution in [3.63, 3.8) is 0 Å². The van der Waals surface area contributed by atoms with Crippen molar-refractivity contribution in [2.45, 2.75) is 19.3 Å². The molecule has 0 unspecified atom stereocenters. The van der Waals surface area contributed by atoms with E-state index in [4.69, 9.17) is 0 Å². The second-order valence-electron chi connectivity index (χ2n) is 6.42. The third-order valence-corrected chi connectivity index (χ3v) is 5.16. The van der Waals surface area contributed by atoms with E-state index in [1.54, 1.807) is 12.3 Å². The van der Waals surface area contributed by atoms with Gasteiger partial charge in [-0.3, -0.25) is 15.1 Å². The van der Waals surface area contributed by atoms with Crippen LogP contribution in [0.3, 0.4) is 0 Å². The number of nitrogens with zero attached hydrogens (tertiary/aromatic N) is 3. The summed E-state index contributed by atoms with van der Waals surface area (Å²) < 4.78 is 0.596. The van der Waals surface area contributed by atoms with Crippen molar-refractivity contribution in [2.24, 2.45) is 4.99 Å². The topological polar surface area (TPSA) is 58.7 Å². The van der Waals surface area contributed by atoms with E-state index in [2.05, 4.69) is 64.9 Å². The average Bonchev–Trinajstić information content (AvgIpc) is 2.77. The van der Waals surface area contributed by atoms with E-state index < -0.39 is 4.92 Å². The van der Waals surface area contributed by atoms with Crippen molar-refractivity contribution in [1.29, 1.82) is 0 Å². The van der Waals surface area contributed by atoms with Gasteiger partial charge in [-0.1, -0.05) is 32.0 Å². The molecule has 0 fully saturated rings. The molecule has 3 rings (SSSR count). The third kappa shape index (κ3) is 3.09. The lowest BCUT2D eigenvalue weighted by Crippen LogP contribution is -2.23. The van der Waals surface area contributed by atoms with Gasteiger partial charge in [0, 0.05) is 46.7 Å². The molecule has 0 amide bonds. The summed E-state index contributed by atoms with van der Waals surface area (Å²) in [5.41, 5.74) is 4.21. The second-order valence-corrected chi connectivity index (χ2v) is 7.28. The third-order valence-electron chi connectivity index (χ3n) is 4.53. The van der Waals surface area contributed by atoms with Crippen LogP contribution in [0.5, 0.6) is 0 Å². The molecule has 0 radical (unpaired) electrons. The number of nitro groups is 1. The minimum Gasteiger partial charge on any atom is -0.347 e. The van der Waals surface area contributed by atoms with E-state index in [0.717, 1.165) is 5.70 Å². The monoisotopic (exact) mass is 399 g/mol. The molecule has 0 aromatic heterocycles. The lowest BCUT2D eigenvalue weighted by molar-refractivity contribution is -0.384. The maximum absolute atomic E-state index is 10.8. The lowest BCUT2D eigenvalue weighted by atomic mass is 9.84. The molecule has 1 aliphatic rings. The van der Waals surface area contributed by atoms with Gasteiger partial charge in [-0.05, 0) is 39.7 Å². The van der Waals surface area contributed by atoms with Gasteiger partial charge in [-0.2, -0.15) is 0 Å². The van der Waals surface area contributed by atoms with Crippen molar-refractivity contribution < 1.29 is 4.92 Å². The fourth-order valence-corrected chi connectivity index (χ4v) is 3.67. The molecule has 5 nitrogen and oxygen atoms in total. The Kier molecular flexibility index (Phi) is 4.47. The zero-order chi connectivity index (χ0) is 18.2. The van der Waals surface area contributed by atoms with Crippen LogP contribution in [0.1, 0.15) is 19.4 Å². The van der Waals surface area contributed by atoms with Gasteiger partial charge in [0.05, 0.1) is 10.6 Å². The highest BCUT2D eigenvalue weighted by molar-refractivity contribution is 9.10. The number of halogens is 1. The maximum Gasteiger partial charge on any atom is 0.270 e. The molecule has 1 heterocycles. The minimum absolute atomic E-state index is 0.0382. The van der Waals surface area contributed by atoms with Crippen molar-refractivity contribution in [3.8, 4) is 0 Å². The van der Waals surface area contributed by atoms with Crippen LogP contribution in [0, 0.1) is 10.1 Å². The van der Waals surface area contributed by atoms with E-state index in [0.29, 0.717) is 10.2 Å². The molecular weight excluding hydrogens is 382 g/mol. The van der Waals surface area contributed by atoms with Crippen LogP contribution in [-0.4, -0.2) is 18.2 Å². The number of fused-ring (bicyclic) bond motifs is 1. The van der Waals surface area contributed by atoms with Gasteiger partial charge in [0.2, 0.25) is 0 Å². The van der Waals surface area contributed by atoms with Gasteiger partial charge < -0.3 is 4.90 Å². The molecule has 25 heavy (non-hydrogen) atoms. The Balaban J connectivity index is 1.90. The van der Waals surface area contributed by atoms with Gasteiger partial charge >= 0.3 is 0 Å². The Morgan fingerprint density at radius 1 is 1.24 bits per heavy atom. The zero-order valence-electron chi connectivity index (χ0n) is 14.2. The predicted molar refractivity (Wildman–Crippen MR) is 105 cm³/mol. The smallest absolute Gasteiger partial charge is 0.270 e. The first-order valence-electron chi connectivity index (χ1n) is 7.84. The van der Waals surface area contributed by atoms with Gasteiger partial charge in [-0.15, -0.1) is 0 Å². The largest absolute Gasteiger partial charge is 0.347 e. The fourth-order valence-electron chi connectivity index (χ4n) is 3.20. The fraction of sp³-hybridized carbons (Fsp3) is 0.211. The average molecular weight is 400 g/mol. The van der Waals surface area contributed by atoms with Gasteiger partial charge in [0.25, 0.3) is 5.69 Å². The summed E-state index contributed by atoms with van der Waals surface area (Å²) in [5.74, 6) is 0. The van der Waals surface area contributed by atoms with Crippen LogP contribution in [0.4, 0.5) is 17.1 Å². The molecule has 2 aromatic carbocycles. The molecule has 0 N–H and O–H groups in total. The normalized spacial score (nSPS) is 17.3. The number of nitro benzene ring substituents is 1. The van der Waals surface area contributed by atoms with Crippen LogP contribution < -0.4 is 4.90 Å². The molecule has 0 bridgehead atoms. The number of hydrogen-bond donors (Lipinski definition) is 0. The summed E-state index contributed by atoms with van der Waals surface area (Å²) in [6.45, 7) is 4.38. The van der Waals surface area contributed by atoms with Crippen LogP contribution in [0.15, 0.2) is 63.7 Å². The van der Waals surface area contributed by atoms with E-state index in [1.165, 1.54) is 23.4 Å². The number of likely N-dealkylation sites (N-methyl/N-ethyl adjacent to an activating group) is 1. The number of para-hydroxylation sites is 1. The zero-order valence-corrected chi connectivity index (χ0v) is 15.8. The van der Waals surface area contributed by atoms with E-state index in [1.807, 2.05) is 12.1 Å². The quantitative estimate of drug-likeness (QED) is 0.395. The second kappa shape index (κ2) is 6.44. The Bertz CT molecular complexity index is 903. The number of hydrogen-bond acceptors (Lipinski definition) is 4. The Labute approximate surface area is 155 Å². The summed E-state index contributed by atoms with van der Waals surface area (Å²) >= 11 is 3.34. The van der Waals surface area contributed by atoms with Crippen molar-refractivity contribution in [2.75, 3.05) is 11.9 Å². The predicted octanol–water partition coefficient (Wildman–Crippen LogP) is 5.37. The molecule has 0 spiro atoms. The van der Waals surface area contributed by atoms with Crippen molar-refractivity contribution >= 4 is 39.2 Å². The van der Waals surface area contributed by atoms with E-state index in [-0.39, 0.29) is 11.1 Å². The van der Waals surface area contributed by atoms with Crippen molar-refractivity contribution in [1.82, 2.24) is 0 Å². The van der Waals surface area contributed by atoms with Crippen LogP contribution >= 0.6 is 15.9 Å². The van der Waals surface area contributed by atoms with Crippen LogP contribution in [0.25, 0.3) is 0 Å². The molecule has 0 saturated heterocycles. The molecule has 0 atom stereocenters. The maximum atomic E-state index is 10.8. The molecule has 6 heteroatoms. The molecule has 2 aromatic rings. The van der Waals surface area contributed by atoms with Gasteiger partial charge in [0.1, 0.15) is 0 Å². The van der Waals surface area contributed by atoms with Crippen LogP contribution in [0.2, 0.25) is 0 Å². The molecule has 0 aliphatic carbocycles. The summed E-state index contributed by atoms with van der Waals surface area (Å²) in [4.78, 5) is 17.0. The van der Waals surface area contributed by atoms with Gasteiger partial charge in [-0.25, -0.2) is 0 Å². The molecule has 0 saturated carbocycles. The first-order chi connectivity index (χ1) is 11.8. The number of aliphatic imine (C=N–C) groups is 1. The summed E-state index contributed by atoms with van der Waals surface area (Å²) in [5, 5.41) is 10.8. The standard InChI is InChI=1S/C19H18BrN3O2/c1-19(2)14-6-4-5-7-17(14)22(3)18(19)10-11-21-16-9-8-13(23(24)25)12-15(16)20/h4-12H,1-3H3. The Hall–Kier alpha value is -2.47. The lowest BCUT2D eigenvalue weighted by Gasteiger charge is -2.23. The number of anilines is 1. The first-order valence-corrected chi connectivity index (χ1v) is 8.63. The van der Waals surface area contributed by atoms with Crippen molar-refractivity contribution in [3.05, 3.63) is 74.4 Å². The van der Waals surface area contributed by atoms with Gasteiger partial charge in [0.15, 0.2) is 0 Å². The minimum atomic E-state index is -0.423. The molecule has 1 aliphatic heterocycles.